The van der Waals surface area contributed by atoms with E-state index in [1.165, 1.54) is 54.9 Å². The predicted octanol–water partition coefficient (Wildman–Crippen LogP) is 13.0. The summed E-state index contributed by atoms with van der Waals surface area (Å²) < 4.78 is 6.72. The maximum atomic E-state index is 2.89. The first-order valence-corrected chi connectivity index (χ1v) is 38.4. The van der Waals surface area contributed by atoms with Gasteiger partial charge in [-0.05, 0) is 0 Å². The van der Waals surface area contributed by atoms with Gasteiger partial charge < -0.3 is 0 Å². The fraction of sp³-hybridized carbons (Fsp3) is 0.143. The van der Waals surface area contributed by atoms with Crippen molar-refractivity contribution >= 4 is 44.9 Å². The molecule has 7 aromatic rings. The van der Waals surface area contributed by atoms with Crippen LogP contribution in [-0.2, 0) is 17.7 Å². The monoisotopic (exact) mass is 841 g/mol. The number of allylic oxidation sites excluding steroid dienone is 2. The van der Waals surface area contributed by atoms with Gasteiger partial charge in [0.2, 0.25) is 0 Å². The zero-order chi connectivity index (χ0) is 34.9. The molecule has 0 aliphatic heterocycles. The Kier molecular flexibility index (Phi) is 7.72. The molecule has 249 valence electrons. The Bertz CT molecular complexity index is 2410. The Labute approximate surface area is 304 Å². The average molecular weight is 840 g/mol. The zero-order valence-electron chi connectivity index (χ0n) is 30.3. The summed E-state index contributed by atoms with van der Waals surface area (Å²) in [6.07, 6.45) is 5.18. The third-order valence-electron chi connectivity index (χ3n) is 13.2. The van der Waals surface area contributed by atoms with Gasteiger partial charge in [-0.2, -0.15) is 0 Å². The van der Waals surface area contributed by atoms with Gasteiger partial charge in [0.15, 0.2) is 0 Å². The molecular weight excluding hydrogens is 795 g/mol. The molecule has 3 atom stereocenters. The van der Waals surface area contributed by atoms with E-state index >= 15 is 0 Å². The van der Waals surface area contributed by atoms with E-state index in [-0.39, 0.29) is 0 Å². The minimum atomic E-state index is -4.23. The number of hydrogen-bond acceptors (Lipinski definition) is 0. The molecule has 0 radical (unpaired) electrons. The normalized spacial score (nSPS) is 18.1. The summed E-state index contributed by atoms with van der Waals surface area (Å²) in [6, 6.07) is 57.5. The molecule has 2 heteroatoms. The van der Waals surface area contributed by atoms with Crippen molar-refractivity contribution < 1.29 is 17.7 Å². The summed E-state index contributed by atoms with van der Waals surface area (Å²) >= 11 is -4.23. The van der Waals surface area contributed by atoms with Gasteiger partial charge in [0.05, 0.1) is 0 Å². The van der Waals surface area contributed by atoms with Crippen molar-refractivity contribution in [3.05, 3.63) is 185 Å². The molecule has 3 unspecified atom stereocenters. The van der Waals surface area contributed by atoms with Crippen molar-refractivity contribution in [3.63, 3.8) is 0 Å². The van der Waals surface area contributed by atoms with Crippen molar-refractivity contribution in [2.75, 3.05) is 0 Å². The van der Waals surface area contributed by atoms with Gasteiger partial charge in [0, 0.05) is 0 Å². The fourth-order valence-electron chi connectivity index (χ4n) is 10.8. The Hall–Kier alpha value is -4.37. The molecule has 0 saturated heterocycles. The summed E-state index contributed by atoms with van der Waals surface area (Å²) in [6.45, 7) is 7.66. The molecule has 9 rings (SSSR count). The van der Waals surface area contributed by atoms with Crippen molar-refractivity contribution in [1.29, 1.82) is 0 Å². The molecule has 2 aliphatic rings. The van der Waals surface area contributed by atoms with Crippen LogP contribution in [-0.4, -0.2) is 5.98 Å². The summed E-state index contributed by atoms with van der Waals surface area (Å²) in [4.78, 5) is 0. The van der Waals surface area contributed by atoms with Crippen LogP contribution in [0.25, 0.3) is 56.0 Å². The van der Waals surface area contributed by atoms with Crippen LogP contribution in [0, 0.1) is 0 Å². The van der Waals surface area contributed by atoms with E-state index < -0.39 is 23.7 Å². The Balaban J connectivity index is 1.28. The summed E-state index contributed by atoms with van der Waals surface area (Å²) in [5.41, 5.74) is 14.6. The Morgan fingerprint density at radius 1 is 0.431 bits per heavy atom. The predicted molar refractivity (Wildman–Crippen MR) is 222 cm³/mol. The second-order valence-corrected chi connectivity index (χ2v) is 66.3. The molecule has 0 amide bonds. The summed E-state index contributed by atoms with van der Waals surface area (Å²) in [7, 11) is 0. The van der Waals surface area contributed by atoms with Crippen LogP contribution >= 0.6 is 0 Å². The zero-order valence-corrected chi connectivity index (χ0v) is 35.1. The van der Waals surface area contributed by atoms with E-state index in [4.69, 9.17) is 0 Å². The number of hydrogen-bond donors (Lipinski definition) is 0. The second-order valence-electron chi connectivity index (χ2n) is 16.2. The maximum absolute atomic E-state index is 4.23. The van der Waals surface area contributed by atoms with Crippen molar-refractivity contribution in [2.45, 2.75) is 37.1 Å². The first kappa shape index (κ1) is 32.5. The number of rotatable bonds is 6. The van der Waals surface area contributed by atoms with E-state index in [9.17, 15) is 0 Å². The standard InChI is InChI=1S/2C20H15.C7H9Si.2CH3.Hf/c2*1-14-12-16-8-5-11-19(20(16)13-14)18-10-4-7-15-6-2-3-9-17(15)18;1-8-7-5-3-2-4-6-7;;;/h2*2-13H,1H3;2-6,8H,1H3;2*1H3;. The molecule has 0 spiro atoms. The molecule has 0 N–H and O–H groups in total. The van der Waals surface area contributed by atoms with Gasteiger partial charge in [0.1, 0.15) is 0 Å². The number of benzene rings is 7. The van der Waals surface area contributed by atoms with Gasteiger partial charge >= 0.3 is 307 Å². The van der Waals surface area contributed by atoms with E-state index in [1.54, 1.807) is 27.5 Å². The molecule has 0 nitrogen and oxygen atoms in total. The molecule has 0 fully saturated rings. The minimum absolute atomic E-state index is 0.467. The molecule has 2 aliphatic carbocycles. The first-order chi connectivity index (χ1) is 24.7. The third kappa shape index (κ3) is 4.86. The van der Waals surface area contributed by atoms with Crippen molar-refractivity contribution in [3.8, 4) is 22.3 Å². The SMILES string of the molecule is CC1=Cc2c(-c3cccc4ccccc34)cccc2[CH]1[Hf]([CH3])([CH3])([CH]1C(C)=Cc2c(-c3cccc4ccccc34)cccc21)[SiH](C)c1ccccc1. The molecule has 0 heterocycles. The molecule has 7 aromatic carbocycles. The van der Waals surface area contributed by atoms with Crippen LogP contribution in [0.2, 0.25) is 15.9 Å². The molecule has 0 bridgehead atoms. The van der Waals surface area contributed by atoms with E-state index in [0.717, 1.165) is 0 Å². The van der Waals surface area contributed by atoms with E-state index in [0.29, 0.717) is 7.35 Å². The number of fused-ring (bicyclic) bond motifs is 4. The van der Waals surface area contributed by atoms with Crippen LogP contribution in [0.5, 0.6) is 0 Å². The van der Waals surface area contributed by atoms with Crippen LogP contribution in [0.4, 0.5) is 0 Å². The quantitative estimate of drug-likeness (QED) is 0.146. The van der Waals surface area contributed by atoms with E-state index in [2.05, 4.69) is 194 Å². The Morgan fingerprint density at radius 2 is 0.824 bits per heavy atom. The van der Waals surface area contributed by atoms with Crippen LogP contribution in [0.1, 0.15) is 43.5 Å². The third-order valence-corrected chi connectivity index (χ3v) is 74.4. The van der Waals surface area contributed by atoms with Gasteiger partial charge in [-0.3, -0.25) is 0 Å². The van der Waals surface area contributed by atoms with Gasteiger partial charge in [-0.15, -0.1) is 0 Å². The summed E-state index contributed by atoms with van der Waals surface area (Å²) in [5, 5.41) is 6.89. The second kappa shape index (κ2) is 12.1. The van der Waals surface area contributed by atoms with Gasteiger partial charge in [0.25, 0.3) is 0 Å². The molecular formula is C49H45HfSi. The Morgan fingerprint density at radius 3 is 1.31 bits per heavy atom. The molecule has 0 saturated carbocycles. The fourth-order valence-corrected chi connectivity index (χ4v) is 66.1. The topological polar surface area (TPSA) is 0 Å². The molecule has 0 aromatic heterocycles. The van der Waals surface area contributed by atoms with Crippen molar-refractivity contribution in [1.82, 2.24) is 0 Å². The average Bonchev–Trinajstić information content (AvgIpc) is 3.71. The first-order valence-electron chi connectivity index (χ1n) is 18.6. The summed E-state index contributed by atoms with van der Waals surface area (Å²) in [5.74, 6) is -1.53. The van der Waals surface area contributed by atoms with Crippen molar-refractivity contribution in [2.24, 2.45) is 0 Å². The van der Waals surface area contributed by atoms with Gasteiger partial charge in [-0.25, -0.2) is 0 Å². The van der Waals surface area contributed by atoms with Crippen LogP contribution < -0.4 is 5.19 Å². The van der Waals surface area contributed by atoms with Crippen LogP contribution in [0.15, 0.2) is 163 Å². The van der Waals surface area contributed by atoms with Gasteiger partial charge in [-0.1, -0.05) is 0 Å². The molecule has 51 heavy (non-hydrogen) atoms. The van der Waals surface area contributed by atoms with Crippen LogP contribution in [0.3, 0.4) is 0 Å². The van der Waals surface area contributed by atoms with E-state index in [1.807, 2.05) is 0 Å².